The molecule has 1 aliphatic heterocycles. The molecule has 1 aliphatic rings. The van der Waals surface area contributed by atoms with Gasteiger partial charge in [-0.25, -0.2) is 0 Å². The van der Waals surface area contributed by atoms with E-state index in [1.54, 1.807) is 17.9 Å². The van der Waals surface area contributed by atoms with Crippen LogP contribution in [0.4, 0.5) is 0 Å². The van der Waals surface area contributed by atoms with Crippen LogP contribution in [0.1, 0.15) is 27.7 Å². The minimum atomic E-state index is -0.487. The monoisotopic (exact) mass is 304 g/mol. The summed E-state index contributed by atoms with van der Waals surface area (Å²) in [5.74, 6) is 0. The standard InChI is InChI=1S/C14H17BN2O3S/c1-13(2)14(3,4)20-15(19-13)9-5-10(12(18)17-6-9)11-7-16-8-21-11/h5-8H,1-4H3,(H,17,18). The highest BCUT2D eigenvalue weighted by atomic mass is 32.1. The Morgan fingerprint density at radius 1 is 1.24 bits per heavy atom. The van der Waals surface area contributed by atoms with Crippen molar-refractivity contribution in [3.05, 3.63) is 34.3 Å². The molecule has 21 heavy (non-hydrogen) atoms. The minimum Gasteiger partial charge on any atom is -0.399 e. The Bertz CT molecular complexity index is 693. The van der Waals surface area contributed by atoms with Gasteiger partial charge in [-0.15, -0.1) is 11.3 Å². The number of nitrogens with zero attached hydrogens (tertiary/aromatic N) is 1. The molecule has 1 saturated heterocycles. The van der Waals surface area contributed by atoms with E-state index in [4.69, 9.17) is 9.31 Å². The van der Waals surface area contributed by atoms with Gasteiger partial charge in [0.15, 0.2) is 0 Å². The van der Waals surface area contributed by atoms with Gasteiger partial charge in [0, 0.05) is 12.4 Å². The Morgan fingerprint density at radius 2 is 1.90 bits per heavy atom. The number of rotatable bonds is 2. The molecule has 0 bridgehead atoms. The highest BCUT2D eigenvalue weighted by molar-refractivity contribution is 7.13. The van der Waals surface area contributed by atoms with Gasteiger partial charge in [-0.05, 0) is 39.2 Å². The molecule has 7 heteroatoms. The molecule has 0 saturated carbocycles. The van der Waals surface area contributed by atoms with Crippen molar-refractivity contribution in [2.45, 2.75) is 38.9 Å². The third kappa shape index (κ3) is 2.45. The van der Waals surface area contributed by atoms with Crippen molar-refractivity contribution >= 4 is 23.9 Å². The second-order valence-electron chi connectivity index (χ2n) is 6.13. The van der Waals surface area contributed by atoms with E-state index in [0.29, 0.717) is 5.56 Å². The number of thiazole rings is 1. The van der Waals surface area contributed by atoms with Gasteiger partial charge in [0.2, 0.25) is 0 Å². The Balaban J connectivity index is 1.99. The van der Waals surface area contributed by atoms with Crippen LogP contribution in [-0.2, 0) is 9.31 Å². The normalized spacial score (nSPS) is 19.9. The molecule has 0 spiro atoms. The molecule has 2 aromatic rings. The maximum atomic E-state index is 12.0. The maximum Gasteiger partial charge on any atom is 0.496 e. The number of hydrogen-bond donors (Lipinski definition) is 1. The molecule has 3 heterocycles. The average Bonchev–Trinajstić information content (AvgIpc) is 2.97. The Kier molecular flexibility index (Phi) is 3.31. The van der Waals surface area contributed by atoms with E-state index < -0.39 is 18.3 Å². The van der Waals surface area contributed by atoms with E-state index in [2.05, 4.69) is 9.97 Å². The summed E-state index contributed by atoms with van der Waals surface area (Å²) in [7, 11) is -0.487. The van der Waals surface area contributed by atoms with Crippen LogP contribution >= 0.6 is 11.3 Å². The van der Waals surface area contributed by atoms with Gasteiger partial charge in [-0.2, -0.15) is 0 Å². The lowest BCUT2D eigenvalue weighted by atomic mass is 9.79. The number of aromatic amines is 1. The lowest BCUT2D eigenvalue weighted by Crippen LogP contribution is -2.41. The van der Waals surface area contributed by atoms with Crippen molar-refractivity contribution in [1.82, 2.24) is 9.97 Å². The van der Waals surface area contributed by atoms with Crippen molar-refractivity contribution in [3.8, 4) is 10.4 Å². The fourth-order valence-electron chi connectivity index (χ4n) is 2.15. The molecular formula is C14H17BN2O3S. The zero-order chi connectivity index (χ0) is 15.3. The highest BCUT2D eigenvalue weighted by Crippen LogP contribution is 2.36. The van der Waals surface area contributed by atoms with E-state index >= 15 is 0 Å². The predicted molar refractivity (Wildman–Crippen MR) is 83.9 cm³/mol. The summed E-state index contributed by atoms with van der Waals surface area (Å²) in [6, 6.07) is 1.81. The molecular weight excluding hydrogens is 287 g/mol. The van der Waals surface area contributed by atoms with Crippen molar-refractivity contribution < 1.29 is 9.31 Å². The molecule has 3 rings (SSSR count). The van der Waals surface area contributed by atoms with Crippen LogP contribution in [0.2, 0.25) is 0 Å². The van der Waals surface area contributed by atoms with E-state index in [1.165, 1.54) is 11.3 Å². The molecule has 0 amide bonds. The first kappa shape index (κ1) is 14.5. The summed E-state index contributed by atoms with van der Waals surface area (Å²) in [6.07, 6.45) is 3.33. The maximum absolute atomic E-state index is 12.0. The Labute approximate surface area is 127 Å². The first-order valence-corrected chi connectivity index (χ1v) is 7.65. The number of nitrogens with one attached hydrogen (secondary N) is 1. The largest absolute Gasteiger partial charge is 0.496 e. The van der Waals surface area contributed by atoms with Crippen LogP contribution < -0.4 is 11.0 Å². The quantitative estimate of drug-likeness (QED) is 0.859. The first-order chi connectivity index (χ1) is 9.80. The molecule has 0 radical (unpaired) electrons. The van der Waals surface area contributed by atoms with Crippen LogP contribution in [0.15, 0.2) is 28.8 Å². The molecule has 0 unspecified atom stereocenters. The molecule has 0 aromatic carbocycles. The van der Waals surface area contributed by atoms with Crippen LogP contribution in [-0.4, -0.2) is 28.3 Å². The van der Waals surface area contributed by atoms with Gasteiger partial charge < -0.3 is 14.3 Å². The zero-order valence-electron chi connectivity index (χ0n) is 12.5. The summed E-state index contributed by atoms with van der Waals surface area (Å²) >= 11 is 1.43. The number of aromatic nitrogens is 2. The molecule has 0 atom stereocenters. The predicted octanol–water partition coefficient (Wildman–Crippen LogP) is 1.80. The summed E-state index contributed by atoms with van der Waals surface area (Å²) in [5, 5.41) is 0. The van der Waals surface area contributed by atoms with Crippen molar-refractivity contribution in [2.75, 3.05) is 0 Å². The van der Waals surface area contributed by atoms with E-state index in [1.807, 2.05) is 33.8 Å². The van der Waals surface area contributed by atoms with Crippen molar-refractivity contribution in [2.24, 2.45) is 0 Å². The Morgan fingerprint density at radius 3 is 2.48 bits per heavy atom. The number of H-pyrrole nitrogens is 1. The summed E-state index contributed by atoms with van der Waals surface area (Å²) in [6.45, 7) is 8.01. The topological polar surface area (TPSA) is 64.2 Å². The molecule has 1 N–H and O–H groups in total. The van der Waals surface area contributed by atoms with Crippen LogP contribution in [0, 0.1) is 0 Å². The second-order valence-corrected chi connectivity index (χ2v) is 7.02. The second kappa shape index (κ2) is 4.79. The lowest BCUT2D eigenvalue weighted by Gasteiger charge is -2.32. The lowest BCUT2D eigenvalue weighted by molar-refractivity contribution is 0.00578. The fourth-order valence-corrected chi connectivity index (χ4v) is 2.78. The van der Waals surface area contributed by atoms with Crippen LogP contribution in [0.3, 0.4) is 0 Å². The summed E-state index contributed by atoms with van der Waals surface area (Å²) in [5.41, 5.74) is 2.15. The third-order valence-corrected chi connectivity index (χ3v) is 4.96. The van der Waals surface area contributed by atoms with Gasteiger partial charge in [-0.1, -0.05) is 0 Å². The summed E-state index contributed by atoms with van der Waals surface area (Å²) in [4.78, 5) is 19.6. The number of pyridine rings is 1. The molecule has 5 nitrogen and oxygen atoms in total. The van der Waals surface area contributed by atoms with Gasteiger partial charge in [0.1, 0.15) is 0 Å². The first-order valence-electron chi connectivity index (χ1n) is 6.77. The van der Waals surface area contributed by atoms with E-state index in [0.717, 1.165) is 10.3 Å². The Hall–Kier alpha value is -1.44. The van der Waals surface area contributed by atoms with Gasteiger partial charge >= 0.3 is 7.12 Å². The molecule has 110 valence electrons. The SMILES string of the molecule is CC1(C)OB(c2c[nH]c(=O)c(-c3cncs3)c2)OC1(C)C. The number of hydrogen-bond acceptors (Lipinski definition) is 5. The smallest absolute Gasteiger partial charge is 0.399 e. The van der Waals surface area contributed by atoms with Gasteiger partial charge in [0.25, 0.3) is 5.56 Å². The molecule has 2 aromatic heterocycles. The van der Waals surface area contributed by atoms with E-state index in [-0.39, 0.29) is 5.56 Å². The third-order valence-electron chi connectivity index (χ3n) is 4.15. The van der Waals surface area contributed by atoms with Crippen molar-refractivity contribution in [3.63, 3.8) is 0 Å². The van der Waals surface area contributed by atoms with Gasteiger partial charge in [0.05, 0.1) is 27.2 Å². The molecule has 1 fully saturated rings. The fraction of sp³-hybridized carbons (Fsp3) is 0.429. The zero-order valence-corrected chi connectivity index (χ0v) is 13.3. The van der Waals surface area contributed by atoms with Crippen molar-refractivity contribution in [1.29, 1.82) is 0 Å². The summed E-state index contributed by atoms with van der Waals surface area (Å²) < 4.78 is 12.0. The molecule has 0 aliphatic carbocycles. The average molecular weight is 304 g/mol. The van der Waals surface area contributed by atoms with Crippen LogP contribution in [0.5, 0.6) is 0 Å². The van der Waals surface area contributed by atoms with Gasteiger partial charge in [-0.3, -0.25) is 9.78 Å². The van der Waals surface area contributed by atoms with Crippen LogP contribution in [0.25, 0.3) is 10.4 Å². The highest BCUT2D eigenvalue weighted by Gasteiger charge is 2.51. The minimum absolute atomic E-state index is 0.139. The van der Waals surface area contributed by atoms with E-state index in [9.17, 15) is 4.79 Å².